The second-order valence-corrected chi connectivity index (χ2v) is 7.09. The maximum Gasteiger partial charge on any atom is 0.229 e. The van der Waals surface area contributed by atoms with Gasteiger partial charge in [-0.15, -0.1) is 0 Å². The van der Waals surface area contributed by atoms with Crippen LogP contribution in [-0.4, -0.2) is 33.3 Å². The van der Waals surface area contributed by atoms with E-state index < -0.39 is 0 Å². The summed E-state index contributed by atoms with van der Waals surface area (Å²) in [4.78, 5) is 12.9. The molecule has 0 radical (unpaired) electrons. The molecule has 3 aromatic rings. The van der Waals surface area contributed by atoms with E-state index in [2.05, 4.69) is 51.6 Å². The Balaban J connectivity index is 1.51. The minimum absolute atomic E-state index is 0.0659. The van der Waals surface area contributed by atoms with Crippen LogP contribution in [-0.2, 0) is 18.4 Å². The van der Waals surface area contributed by atoms with E-state index in [1.807, 2.05) is 25.5 Å². The smallest absolute Gasteiger partial charge is 0.229 e. The largest absolute Gasteiger partial charge is 0.347 e. The number of carbonyl (C=O) groups is 1. The third-order valence-corrected chi connectivity index (χ3v) is 5.21. The number of fused-ring (bicyclic) bond motifs is 1. The van der Waals surface area contributed by atoms with Crippen molar-refractivity contribution in [2.24, 2.45) is 13.0 Å². The molecule has 0 bridgehead atoms. The van der Waals surface area contributed by atoms with Crippen LogP contribution in [0.4, 0.5) is 5.69 Å². The van der Waals surface area contributed by atoms with Gasteiger partial charge in [0.25, 0.3) is 0 Å². The van der Waals surface area contributed by atoms with Crippen LogP contribution in [0.5, 0.6) is 0 Å². The van der Waals surface area contributed by atoms with Crippen LogP contribution in [0, 0.1) is 5.92 Å². The van der Waals surface area contributed by atoms with Gasteiger partial charge in [0.05, 0.1) is 12.1 Å². The van der Waals surface area contributed by atoms with Crippen molar-refractivity contribution < 1.29 is 4.79 Å². The van der Waals surface area contributed by atoms with Gasteiger partial charge in [-0.1, -0.05) is 6.92 Å². The Bertz CT molecular complexity index is 925. The number of carbonyl (C=O) groups excluding carboxylic acids is 1. The first-order valence-corrected chi connectivity index (χ1v) is 9.24. The molecule has 1 fully saturated rings. The maximum atomic E-state index is 12.9. The van der Waals surface area contributed by atoms with Crippen LogP contribution >= 0.6 is 0 Å². The van der Waals surface area contributed by atoms with Gasteiger partial charge in [0.1, 0.15) is 0 Å². The number of rotatable bonds is 5. The van der Waals surface area contributed by atoms with Crippen LogP contribution < -0.4 is 10.6 Å². The van der Waals surface area contributed by atoms with Gasteiger partial charge >= 0.3 is 0 Å². The van der Waals surface area contributed by atoms with Crippen LogP contribution in [0.2, 0.25) is 0 Å². The zero-order chi connectivity index (χ0) is 18.1. The number of hydrogen-bond donors (Lipinski definition) is 2. The van der Waals surface area contributed by atoms with E-state index in [1.54, 1.807) is 4.68 Å². The van der Waals surface area contributed by atoms with E-state index in [0.29, 0.717) is 6.54 Å². The molecule has 0 unspecified atom stereocenters. The fraction of sp³-hybridized carbons (Fsp3) is 0.400. The summed E-state index contributed by atoms with van der Waals surface area (Å²) in [5.74, 6) is 0.147. The molecule has 2 atom stereocenters. The molecule has 136 valence electrons. The first kappa shape index (κ1) is 16.8. The van der Waals surface area contributed by atoms with Gasteiger partial charge in [-0.3, -0.25) is 9.48 Å². The zero-order valence-electron chi connectivity index (χ0n) is 15.3. The zero-order valence-corrected chi connectivity index (χ0v) is 15.3. The highest BCUT2D eigenvalue weighted by molar-refractivity contribution is 5.96. The molecular weight excluding hydrogens is 326 g/mol. The summed E-state index contributed by atoms with van der Waals surface area (Å²) in [7, 11) is 1.90. The van der Waals surface area contributed by atoms with E-state index in [1.165, 1.54) is 5.52 Å². The van der Waals surface area contributed by atoms with Crippen LogP contribution in [0.1, 0.15) is 24.8 Å². The summed E-state index contributed by atoms with van der Waals surface area (Å²) in [6, 6.07) is 8.25. The number of aryl methyl sites for hydroxylation is 2. The molecule has 2 N–H and O–H groups in total. The van der Waals surface area contributed by atoms with Gasteiger partial charge in [-0.2, -0.15) is 5.10 Å². The van der Waals surface area contributed by atoms with E-state index in [0.717, 1.165) is 36.1 Å². The molecule has 1 amide bonds. The van der Waals surface area contributed by atoms with Crippen molar-refractivity contribution >= 4 is 22.5 Å². The quantitative estimate of drug-likeness (QED) is 0.743. The molecule has 1 aliphatic rings. The van der Waals surface area contributed by atoms with Gasteiger partial charge in [0, 0.05) is 61.6 Å². The van der Waals surface area contributed by atoms with Gasteiger partial charge in [-0.05, 0) is 36.2 Å². The third-order valence-electron chi connectivity index (χ3n) is 5.21. The highest BCUT2D eigenvalue weighted by Crippen LogP contribution is 2.29. The predicted molar refractivity (Wildman–Crippen MR) is 103 cm³/mol. The Labute approximate surface area is 153 Å². The maximum absolute atomic E-state index is 12.9. The lowest BCUT2D eigenvalue weighted by molar-refractivity contribution is -0.119. The van der Waals surface area contributed by atoms with Crippen LogP contribution in [0.25, 0.3) is 10.9 Å². The molecule has 4 rings (SSSR count). The van der Waals surface area contributed by atoms with Crippen molar-refractivity contribution in [1.29, 1.82) is 0 Å². The molecule has 6 nitrogen and oxygen atoms in total. The summed E-state index contributed by atoms with van der Waals surface area (Å²) in [5, 5.41) is 11.9. The molecule has 0 aliphatic carbocycles. The second kappa shape index (κ2) is 6.96. The van der Waals surface area contributed by atoms with E-state index >= 15 is 0 Å². The van der Waals surface area contributed by atoms with Crippen LogP contribution in [0.15, 0.2) is 42.9 Å². The average molecular weight is 351 g/mol. The number of nitrogens with one attached hydrogen (secondary N) is 2. The number of aromatic nitrogens is 3. The Kier molecular flexibility index (Phi) is 4.51. The highest BCUT2D eigenvalue weighted by atomic mass is 16.1. The summed E-state index contributed by atoms with van der Waals surface area (Å²) in [5.41, 5.74) is 3.18. The van der Waals surface area contributed by atoms with Crippen molar-refractivity contribution in [3.8, 4) is 0 Å². The molecule has 1 aromatic carbocycles. The molecule has 26 heavy (non-hydrogen) atoms. The molecule has 3 heterocycles. The van der Waals surface area contributed by atoms with Crippen molar-refractivity contribution in [2.45, 2.75) is 25.8 Å². The molecule has 6 heteroatoms. The summed E-state index contributed by atoms with van der Waals surface area (Å²) < 4.78 is 4.04. The van der Waals surface area contributed by atoms with Gasteiger partial charge < -0.3 is 15.2 Å². The van der Waals surface area contributed by atoms with Crippen molar-refractivity contribution in [3.63, 3.8) is 0 Å². The fourth-order valence-corrected chi connectivity index (χ4v) is 3.88. The lowest BCUT2D eigenvalue weighted by Gasteiger charge is -2.17. The number of anilines is 1. The van der Waals surface area contributed by atoms with Gasteiger partial charge in [0.2, 0.25) is 5.91 Å². The molecule has 0 saturated carbocycles. The standard InChI is InChI=1S/C20H25N5O/c1-3-7-25-8-6-14-9-16(4-5-19(14)25)23-20(26)18-12-21-11-17(18)15-10-22-24(2)13-15/h4-6,8-10,13,17-18,21H,3,7,11-12H2,1-2H3,(H,23,26)/t17-,18+/m1/s1. The Hall–Kier alpha value is -2.60. The molecular formula is C20H25N5O. The van der Waals surface area contributed by atoms with Crippen LogP contribution in [0.3, 0.4) is 0 Å². The molecule has 1 aliphatic heterocycles. The van der Waals surface area contributed by atoms with Gasteiger partial charge in [0.15, 0.2) is 0 Å². The number of nitrogens with zero attached hydrogens (tertiary/aromatic N) is 3. The van der Waals surface area contributed by atoms with Crippen molar-refractivity contribution in [3.05, 3.63) is 48.4 Å². The van der Waals surface area contributed by atoms with E-state index in [-0.39, 0.29) is 17.7 Å². The monoisotopic (exact) mass is 351 g/mol. The summed E-state index contributed by atoms with van der Waals surface area (Å²) >= 11 is 0. The van der Waals surface area contributed by atoms with E-state index in [9.17, 15) is 4.79 Å². The molecule has 2 aromatic heterocycles. The number of hydrogen-bond acceptors (Lipinski definition) is 3. The van der Waals surface area contributed by atoms with Crippen molar-refractivity contribution in [2.75, 3.05) is 18.4 Å². The molecule has 1 saturated heterocycles. The SMILES string of the molecule is CCCn1ccc2cc(NC(=O)[C@H]3CNC[C@@H]3c3cnn(C)c3)ccc21. The number of amides is 1. The lowest BCUT2D eigenvalue weighted by Crippen LogP contribution is -2.28. The normalized spacial score (nSPS) is 19.9. The Morgan fingerprint density at radius 2 is 2.23 bits per heavy atom. The topological polar surface area (TPSA) is 63.9 Å². The minimum Gasteiger partial charge on any atom is -0.347 e. The summed E-state index contributed by atoms with van der Waals surface area (Å²) in [6.07, 6.45) is 7.08. The highest BCUT2D eigenvalue weighted by Gasteiger charge is 2.34. The molecule has 0 spiro atoms. The minimum atomic E-state index is -0.0837. The van der Waals surface area contributed by atoms with Crippen molar-refractivity contribution in [1.82, 2.24) is 19.7 Å². The van der Waals surface area contributed by atoms with Gasteiger partial charge in [-0.25, -0.2) is 0 Å². The average Bonchev–Trinajstić information content (AvgIpc) is 3.34. The summed E-state index contributed by atoms with van der Waals surface area (Å²) in [6.45, 7) is 4.69. The third kappa shape index (κ3) is 3.12. The first-order chi connectivity index (χ1) is 12.7. The predicted octanol–water partition coefficient (Wildman–Crippen LogP) is 2.73. The second-order valence-electron chi connectivity index (χ2n) is 7.09. The lowest BCUT2D eigenvalue weighted by atomic mass is 9.90. The Morgan fingerprint density at radius 3 is 3.00 bits per heavy atom. The fourth-order valence-electron chi connectivity index (χ4n) is 3.88. The Morgan fingerprint density at radius 1 is 1.35 bits per heavy atom. The first-order valence-electron chi connectivity index (χ1n) is 9.24. The van der Waals surface area contributed by atoms with E-state index in [4.69, 9.17) is 0 Å². The number of benzene rings is 1.